The van der Waals surface area contributed by atoms with E-state index in [1.165, 1.54) is 0 Å². The molecule has 0 aliphatic carbocycles. The predicted molar refractivity (Wildman–Crippen MR) is 42.1 cm³/mol. The smallest absolute Gasteiger partial charge is 0.223 e. The number of amides is 1. The second kappa shape index (κ2) is 3.78. The average molecular weight is 165 g/mol. The van der Waals surface area contributed by atoms with Crippen LogP contribution in [0.2, 0.25) is 0 Å². The normalized spacial score (nSPS) is 26.0. The maximum absolute atomic E-state index is 10.9. The van der Waals surface area contributed by atoms with Crippen LogP contribution in [0.25, 0.3) is 0 Å². The zero-order valence-electron chi connectivity index (χ0n) is 6.04. The fourth-order valence-electron chi connectivity index (χ4n) is 0.966. The SMILES string of the molecule is CN1CCC(N)CC1=O.Cl. The summed E-state index contributed by atoms with van der Waals surface area (Å²) in [7, 11) is 1.81. The standard InChI is InChI=1S/C6H12N2O.ClH/c1-8-3-2-5(7)4-6(8)9;/h5H,2-4,7H2,1H3;1H. The first-order valence-electron chi connectivity index (χ1n) is 3.19. The third kappa shape index (κ3) is 2.15. The van der Waals surface area contributed by atoms with Crippen LogP contribution in [-0.2, 0) is 4.79 Å². The van der Waals surface area contributed by atoms with Crippen molar-refractivity contribution in [1.82, 2.24) is 4.90 Å². The van der Waals surface area contributed by atoms with Gasteiger partial charge in [0.25, 0.3) is 0 Å². The molecule has 1 amide bonds. The maximum Gasteiger partial charge on any atom is 0.223 e. The first-order chi connectivity index (χ1) is 4.20. The van der Waals surface area contributed by atoms with Crippen LogP contribution in [0.3, 0.4) is 0 Å². The summed E-state index contributed by atoms with van der Waals surface area (Å²) in [6.07, 6.45) is 1.47. The lowest BCUT2D eigenvalue weighted by Gasteiger charge is -2.25. The summed E-state index contributed by atoms with van der Waals surface area (Å²) >= 11 is 0. The molecule has 0 spiro atoms. The lowest BCUT2D eigenvalue weighted by molar-refractivity contribution is -0.132. The van der Waals surface area contributed by atoms with E-state index >= 15 is 0 Å². The molecule has 0 bridgehead atoms. The van der Waals surface area contributed by atoms with Gasteiger partial charge in [0.05, 0.1) is 0 Å². The Hall–Kier alpha value is -0.280. The summed E-state index contributed by atoms with van der Waals surface area (Å²) < 4.78 is 0. The Kier molecular flexibility index (Phi) is 3.68. The molecule has 0 saturated carbocycles. The number of nitrogens with two attached hydrogens (primary N) is 1. The summed E-state index contributed by atoms with van der Waals surface area (Å²) in [6, 6.07) is 0.105. The Morgan fingerprint density at radius 2 is 2.30 bits per heavy atom. The van der Waals surface area contributed by atoms with Crippen molar-refractivity contribution in [2.45, 2.75) is 18.9 Å². The van der Waals surface area contributed by atoms with E-state index < -0.39 is 0 Å². The molecule has 60 valence electrons. The second-order valence-electron chi connectivity index (χ2n) is 2.57. The number of nitrogens with zero attached hydrogens (tertiary/aromatic N) is 1. The van der Waals surface area contributed by atoms with Crippen LogP contribution in [0.1, 0.15) is 12.8 Å². The molecule has 3 nitrogen and oxygen atoms in total. The predicted octanol–water partition coefficient (Wildman–Crippen LogP) is -0.0123. The van der Waals surface area contributed by atoms with Crippen molar-refractivity contribution >= 4 is 18.3 Å². The maximum atomic E-state index is 10.9. The quantitative estimate of drug-likeness (QED) is 0.548. The third-order valence-electron chi connectivity index (χ3n) is 1.70. The van der Waals surface area contributed by atoms with E-state index in [2.05, 4.69) is 0 Å². The molecule has 1 saturated heterocycles. The Bertz CT molecular complexity index is 129. The van der Waals surface area contributed by atoms with Gasteiger partial charge in [-0.3, -0.25) is 4.79 Å². The van der Waals surface area contributed by atoms with E-state index in [4.69, 9.17) is 5.73 Å². The summed E-state index contributed by atoms with van der Waals surface area (Å²) in [4.78, 5) is 12.6. The number of likely N-dealkylation sites (tertiary alicyclic amines) is 1. The van der Waals surface area contributed by atoms with E-state index in [1.807, 2.05) is 7.05 Å². The Morgan fingerprint density at radius 1 is 1.70 bits per heavy atom. The highest BCUT2D eigenvalue weighted by Crippen LogP contribution is 2.06. The van der Waals surface area contributed by atoms with Crippen molar-refractivity contribution in [2.24, 2.45) is 5.73 Å². The van der Waals surface area contributed by atoms with Gasteiger partial charge in [-0.2, -0.15) is 0 Å². The molecule has 4 heteroatoms. The number of carbonyl (C=O) groups excluding carboxylic acids is 1. The molecule has 10 heavy (non-hydrogen) atoms. The lowest BCUT2D eigenvalue weighted by atomic mass is 10.1. The third-order valence-corrected chi connectivity index (χ3v) is 1.70. The van der Waals surface area contributed by atoms with Crippen LogP contribution in [0.15, 0.2) is 0 Å². The minimum absolute atomic E-state index is 0. The van der Waals surface area contributed by atoms with Crippen LogP contribution < -0.4 is 5.73 Å². The van der Waals surface area contributed by atoms with Gasteiger partial charge < -0.3 is 10.6 Å². The van der Waals surface area contributed by atoms with Gasteiger partial charge in [-0.05, 0) is 6.42 Å². The van der Waals surface area contributed by atoms with Crippen molar-refractivity contribution in [2.75, 3.05) is 13.6 Å². The molecular weight excluding hydrogens is 152 g/mol. The molecule has 1 rings (SSSR count). The van der Waals surface area contributed by atoms with E-state index in [1.54, 1.807) is 4.90 Å². The van der Waals surface area contributed by atoms with Gasteiger partial charge >= 0.3 is 0 Å². The van der Waals surface area contributed by atoms with Crippen LogP contribution in [-0.4, -0.2) is 30.4 Å². The number of rotatable bonds is 0. The van der Waals surface area contributed by atoms with Gasteiger partial charge in [-0.25, -0.2) is 0 Å². The lowest BCUT2D eigenvalue weighted by Crippen LogP contribution is -2.41. The number of hydrogen-bond donors (Lipinski definition) is 1. The molecule has 1 unspecified atom stereocenters. The Labute approximate surface area is 67.0 Å². The summed E-state index contributed by atoms with van der Waals surface area (Å²) in [5.74, 6) is 0.175. The number of halogens is 1. The van der Waals surface area contributed by atoms with E-state index in [0.717, 1.165) is 13.0 Å². The Balaban J connectivity index is 0.000000810. The van der Waals surface area contributed by atoms with Crippen LogP contribution in [0.4, 0.5) is 0 Å². The molecule has 0 aromatic rings. The van der Waals surface area contributed by atoms with Gasteiger partial charge in [0.2, 0.25) is 5.91 Å². The highest BCUT2D eigenvalue weighted by atomic mass is 35.5. The largest absolute Gasteiger partial charge is 0.346 e. The zero-order chi connectivity index (χ0) is 6.85. The van der Waals surface area contributed by atoms with Gasteiger partial charge in [0, 0.05) is 26.1 Å². The molecule has 0 aromatic heterocycles. The molecule has 1 atom stereocenters. The number of piperidine rings is 1. The average Bonchev–Trinajstić information content (AvgIpc) is 1.80. The molecule has 0 aromatic carbocycles. The minimum atomic E-state index is 0. The molecule has 1 aliphatic heterocycles. The molecule has 1 aliphatic rings. The Morgan fingerprint density at radius 3 is 2.70 bits per heavy atom. The topological polar surface area (TPSA) is 46.3 Å². The molecule has 0 radical (unpaired) electrons. The fourth-order valence-corrected chi connectivity index (χ4v) is 0.966. The van der Waals surface area contributed by atoms with Gasteiger partial charge in [0.1, 0.15) is 0 Å². The van der Waals surface area contributed by atoms with Crippen molar-refractivity contribution in [3.05, 3.63) is 0 Å². The number of carbonyl (C=O) groups is 1. The fraction of sp³-hybridized carbons (Fsp3) is 0.833. The molecule has 1 fully saturated rings. The van der Waals surface area contributed by atoms with Crippen molar-refractivity contribution in [1.29, 1.82) is 0 Å². The summed E-state index contributed by atoms with van der Waals surface area (Å²) in [6.45, 7) is 0.819. The monoisotopic (exact) mass is 164 g/mol. The van der Waals surface area contributed by atoms with Crippen LogP contribution in [0, 0.1) is 0 Å². The van der Waals surface area contributed by atoms with Gasteiger partial charge in [-0.15, -0.1) is 12.4 Å². The van der Waals surface area contributed by atoms with E-state index in [-0.39, 0.29) is 24.4 Å². The van der Waals surface area contributed by atoms with E-state index in [0.29, 0.717) is 6.42 Å². The second-order valence-corrected chi connectivity index (χ2v) is 2.57. The first kappa shape index (κ1) is 9.72. The summed E-state index contributed by atoms with van der Waals surface area (Å²) in [5.41, 5.74) is 5.54. The highest BCUT2D eigenvalue weighted by Gasteiger charge is 2.19. The molecule has 1 heterocycles. The number of hydrogen-bond acceptors (Lipinski definition) is 2. The molecular formula is C6H13ClN2O. The van der Waals surface area contributed by atoms with Gasteiger partial charge in [-0.1, -0.05) is 0 Å². The minimum Gasteiger partial charge on any atom is -0.346 e. The zero-order valence-corrected chi connectivity index (χ0v) is 6.86. The first-order valence-corrected chi connectivity index (χ1v) is 3.19. The highest BCUT2D eigenvalue weighted by molar-refractivity contribution is 5.85. The molecule has 2 N–H and O–H groups in total. The van der Waals surface area contributed by atoms with Crippen LogP contribution >= 0.6 is 12.4 Å². The van der Waals surface area contributed by atoms with Crippen molar-refractivity contribution in [3.8, 4) is 0 Å². The summed E-state index contributed by atoms with van der Waals surface area (Å²) in [5, 5.41) is 0. The van der Waals surface area contributed by atoms with Crippen molar-refractivity contribution in [3.63, 3.8) is 0 Å². The van der Waals surface area contributed by atoms with E-state index in [9.17, 15) is 4.79 Å². The van der Waals surface area contributed by atoms with Gasteiger partial charge in [0.15, 0.2) is 0 Å². The van der Waals surface area contributed by atoms with Crippen molar-refractivity contribution < 1.29 is 4.79 Å². The van der Waals surface area contributed by atoms with Crippen LogP contribution in [0.5, 0.6) is 0 Å².